The van der Waals surface area contributed by atoms with Gasteiger partial charge in [0.25, 0.3) is 0 Å². The molecule has 2 aromatic rings. The highest BCUT2D eigenvalue weighted by Crippen LogP contribution is 2.14. The monoisotopic (exact) mass is 280 g/mol. The molecule has 0 aliphatic heterocycles. The molecule has 0 aromatic carbocycles. The minimum absolute atomic E-state index is 0.628. The van der Waals surface area contributed by atoms with Crippen molar-refractivity contribution < 1.29 is 4.52 Å². The second-order valence-electron chi connectivity index (χ2n) is 5.07. The van der Waals surface area contributed by atoms with Crippen molar-refractivity contribution in [3.63, 3.8) is 0 Å². The second kappa shape index (κ2) is 6.65. The first-order valence-corrected chi connectivity index (χ1v) is 7.53. The Labute approximate surface area is 117 Å². The lowest BCUT2D eigenvalue weighted by atomic mass is 10.1. The Kier molecular flexibility index (Phi) is 4.90. The number of nitrogens with zero attached hydrogens (tertiary/aromatic N) is 3. The van der Waals surface area contributed by atoms with Crippen molar-refractivity contribution >= 4 is 16.5 Å². The Balaban J connectivity index is 1.74. The summed E-state index contributed by atoms with van der Waals surface area (Å²) in [5.74, 6) is 2.21. The fraction of sp³-hybridized carbons (Fsp3) is 0.615. The maximum atomic E-state index is 5.59. The minimum atomic E-state index is 0.628. The topological polar surface area (TPSA) is 77.8 Å². The van der Waals surface area contributed by atoms with Crippen LogP contribution >= 0.6 is 11.3 Å². The molecule has 6 heteroatoms. The van der Waals surface area contributed by atoms with Gasteiger partial charge in [0.1, 0.15) is 0 Å². The predicted octanol–water partition coefficient (Wildman–Crippen LogP) is 2.87. The van der Waals surface area contributed by atoms with Crippen molar-refractivity contribution in [2.75, 3.05) is 5.73 Å². The van der Waals surface area contributed by atoms with Crippen LogP contribution < -0.4 is 5.73 Å². The van der Waals surface area contributed by atoms with E-state index in [0.717, 1.165) is 49.5 Å². The van der Waals surface area contributed by atoms with Crippen LogP contribution in [-0.2, 0) is 19.3 Å². The summed E-state index contributed by atoms with van der Waals surface area (Å²) in [6.07, 6.45) is 4.64. The molecule has 0 aliphatic carbocycles. The highest BCUT2D eigenvalue weighted by Gasteiger charge is 2.07. The standard InChI is InChI=1S/C13H20N4OS/c1-9(2)6-7-11-16-12(18-17-11)5-3-4-10-8-19-13(14)15-10/h8-9H,3-7H2,1-2H3,(H2,14,15). The highest BCUT2D eigenvalue weighted by atomic mass is 32.1. The molecule has 19 heavy (non-hydrogen) atoms. The normalized spacial score (nSPS) is 11.3. The molecule has 0 saturated heterocycles. The smallest absolute Gasteiger partial charge is 0.226 e. The van der Waals surface area contributed by atoms with Gasteiger partial charge in [0, 0.05) is 18.2 Å². The van der Waals surface area contributed by atoms with Crippen LogP contribution in [-0.4, -0.2) is 15.1 Å². The summed E-state index contributed by atoms with van der Waals surface area (Å²) in [6, 6.07) is 0. The minimum Gasteiger partial charge on any atom is -0.375 e. The first-order chi connectivity index (χ1) is 9.13. The van der Waals surface area contributed by atoms with Gasteiger partial charge in [-0.1, -0.05) is 19.0 Å². The molecule has 2 rings (SSSR count). The molecule has 0 radical (unpaired) electrons. The number of hydrogen-bond donors (Lipinski definition) is 1. The van der Waals surface area contributed by atoms with E-state index in [1.54, 1.807) is 0 Å². The summed E-state index contributed by atoms with van der Waals surface area (Å²) >= 11 is 1.48. The number of hydrogen-bond acceptors (Lipinski definition) is 6. The fourth-order valence-electron chi connectivity index (χ4n) is 1.77. The van der Waals surface area contributed by atoms with Crippen molar-refractivity contribution in [3.8, 4) is 0 Å². The number of nitrogens with two attached hydrogens (primary N) is 1. The lowest BCUT2D eigenvalue weighted by Crippen LogP contribution is -1.95. The molecule has 0 aliphatic rings. The summed E-state index contributed by atoms with van der Waals surface area (Å²) in [5.41, 5.74) is 6.63. The third kappa shape index (κ3) is 4.63. The molecule has 0 fully saturated rings. The summed E-state index contributed by atoms with van der Waals surface area (Å²) < 4.78 is 5.24. The van der Waals surface area contributed by atoms with Crippen LogP contribution in [0.1, 0.15) is 44.1 Å². The zero-order valence-electron chi connectivity index (χ0n) is 11.4. The quantitative estimate of drug-likeness (QED) is 0.843. The van der Waals surface area contributed by atoms with Gasteiger partial charge in [-0.05, 0) is 25.2 Å². The van der Waals surface area contributed by atoms with Crippen LogP contribution in [0.15, 0.2) is 9.90 Å². The highest BCUT2D eigenvalue weighted by molar-refractivity contribution is 7.13. The van der Waals surface area contributed by atoms with Crippen LogP contribution in [0.5, 0.6) is 0 Å². The predicted molar refractivity (Wildman–Crippen MR) is 76.0 cm³/mol. The first-order valence-electron chi connectivity index (χ1n) is 6.65. The summed E-state index contributed by atoms with van der Waals surface area (Å²) in [7, 11) is 0. The summed E-state index contributed by atoms with van der Waals surface area (Å²) in [4.78, 5) is 8.62. The van der Waals surface area contributed by atoms with E-state index in [-0.39, 0.29) is 0 Å². The Morgan fingerprint density at radius 3 is 2.79 bits per heavy atom. The van der Waals surface area contributed by atoms with Gasteiger partial charge >= 0.3 is 0 Å². The molecule has 0 unspecified atom stereocenters. The Morgan fingerprint density at radius 2 is 2.11 bits per heavy atom. The fourth-order valence-corrected chi connectivity index (χ4v) is 2.37. The number of rotatable bonds is 7. The van der Waals surface area contributed by atoms with Gasteiger partial charge in [-0.25, -0.2) is 4.98 Å². The summed E-state index contributed by atoms with van der Waals surface area (Å²) in [5, 5.41) is 6.62. The zero-order chi connectivity index (χ0) is 13.7. The van der Waals surface area contributed by atoms with Gasteiger partial charge in [-0.3, -0.25) is 0 Å². The molecule has 104 valence electrons. The molecular weight excluding hydrogens is 260 g/mol. The van der Waals surface area contributed by atoms with Crippen molar-refractivity contribution in [2.45, 2.75) is 46.0 Å². The maximum Gasteiger partial charge on any atom is 0.226 e. The van der Waals surface area contributed by atoms with E-state index < -0.39 is 0 Å². The van der Waals surface area contributed by atoms with Crippen LogP contribution in [0, 0.1) is 5.92 Å². The van der Waals surface area contributed by atoms with Gasteiger partial charge in [-0.15, -0.1) is 11.3 Å². The Hall–Kier alpha value is -1.43. The van der Waals surface area contributed by atoms with Gasteiger partial charge in [0.2, 0.25) is 5.89 Å². The molecule has 2 N–H and O–H groups in total. The van der Waals surface area contributed by atoms with Crippen molar-refractivity contribution in [1.82, 2.24) is 15.1 Å². The molecule has 0 atom stereocenters. The van der Waals surface area contributed by atoms with E-state index in [1.807, 2.05) is 5.38 Å². The number of nitrogen functional groups attached to an aromatic ring is 1. The number of anilines is 1. The SMILES string of the molecule is CC(C)CCc1noc(CCCc2csc(N)n2)n1. The molecule has 5 nitrogen and oxygen atoms in total. The van der Waals surface area contributed by atoms with Crippen LogP contribution in [0.4, 0.5) is 5.13 Å². The molecule has 0 bridgehead atoms. The molecule has 2 aromatic heterocycles. The molecule has 0 saturated carbocycles. The van der Waals surface area contributed by atoms with E-state index in [4.69, 9.17) is 10.3 Å². The molecule has 0 spiro atoms. The average Bonchev–Trinajstić information content (AvgIpc) is 2.96. The van der Waals surface area contributed by atoms with Gasteiger partial charge < -0.3 is 10.3 Å². The van der Waals surface area contributed by atoms with Crippen molar-refractivity contribution in [1.29, 1.82) is 0 Å². The number of aromatic nitrogens is 3. The third-order valence-electron chi connectivity index (χ3n) is 2.85. The second-order valence-corrected chi connectivity index (χ2v) is 5.96. The summed E-state index contributed by atoms with van der Waals surface area (Å²) in [6.45, 7) is 4.39. The lowest BCUT2D eigenvalue weighted by molar-refractivity contribution is 0.369. The van der Waals surface area contributed by atoms with Gasteiger partial charge in [0.05, 0.1) is 5.69 Å². The van der Waals surface area contributed by atoms with Crippen molar-refractivity contribution in [2.24, 2.45) is 5.92 Å². The van der Waals surface area contributed by atoms with Crippen LogP contribution in [0.25, 0.3) is 0 Å². The van der Waals surface area contributed by atoms with Gasteiger partial charge in [-0.2, -0.15) is 4.98 Å². The number of thiazole rings is 1. The molecular formula is C13H20N4OS. The third-order valence-corrected chi connectivity index (χ3v) is 3.57. The molecule has 2 heterocycles. The Bertz CT molecular complexity index is 506. The average molecular weight is 280 g/mol. The largest absolute Gasteiger partial charge is 0.375 e. The first kappa shape index (κ1) is 14.0. The Morgan fingerprint density at radius 1 is 1.26 bits per heavy atom. The van der Waals surface area contributed by atoms with Crippen molar-refractivity contribution in [3.05, 3.63) is 22.8 Å². The van der Waals surface area contributed by atoms with E-state index in [1.165, 1.54) is 11.3 Å². The molecule has 0 amide bonds. The maximum absolute atomic E-state index is 5.59. The van der Waals surface area contributed by atoms with Gasteiger partial charge in [0.15, 0.2) is 11.0 Å². The zero-order valence-corrected chi connectivity index (χ0v) is 12.2. The van der Waals surface area contributed by atoms with E-state index in [2.05, 4.69) is 29.0 Å². The lowest BCUT2D eigenvalue weighted by Gasteiger charge is -1.98. The van der Waals surface area contributed by atoms with Crippen LogP contribution in [0.3, 0.4) is 0 Å². The number of aryl methyl sites for hydroxylation is 3. The van der Waals surface area contributed by atoms with E-state index >= 15 is 0 Å². The van der Waals surface area contributed by atoms with Crippen LogP contribution in [0.2, 0.25) is 0 Å². The van der Waals surface area contributed by atoms with E-state index in [0.29, 0.717) is 11.0 Å². The van der Waals surface area contributed by atoms with E-state index in [9.17, 15) is 0 Å².